The van der Waals surface area contributed by atoms with Crippen LogP contribution in [0, 0.1) is 0 Å². The maximum absolute atomic E-state index is 5.91. The molecule has 0 aliphatic carbocycles. The molecule has 1 N–H and O–H groups in total. The fourth-order valence-corrected chi connectivity index (χ4v) is 1.66. The number of aryl methyl sites for hydroxylation is 1. The Morgan fingerprint density at radius 1 is 1.39 bits per heavy atom. The summed E-state index contributed by atoms with van der Waals surface area (Å²) in [5, 5.41) is 7.75. The van der Waals surface area contributed by atoms with E-state index in [1.54, 1.807) is 13.2 Å². The Morgan fingerprint density at radius 3 is 2.89 bits per heavy atom. The van der Waals surface area contributed by atoms with Crippen molar-refractivity contribution in [1.82, 2.24) is 19.7 Å². The Morgan fingerprint density at radius 2 is 2.22 bits per heavy atom. The molecule has 0 aliphatic rings. The highest BCUT2D eigenvalue weighted by atomic mass is 35.5. The van der Waals surface area contributed by atoms with Crippen LogP contribution in [0.15, 0.2) is 18.3 Å². The monoisotopic (exact) mass is 267 g/mol. The number of hydrogen-bond acceptors (Lipinski definition) is 5. The van der Waals surface area contributed by atoms with Gasteiger partial charge >= 0.3 is 0 Å². The van der Waals surface area contributed by atoms with Crippen LogP contribution in [0.5, 0.6) is 0 Å². The van der Waals surface area contributed by atoms with E-state index in [1.165, 1.54) is 0 Å². The molecule has 0 radical (unpaired) electrons. The molecule has 2 heterocycles. The molecule has 6 nitrogen and oxygen atoms in total. The molecule has 0 atom stereocenters. The first-order valence-electron chi connectivity index (χ1n) is 5.54. The van der Waals surface area contributed by atoms with E-state index in [2.05, 4.69) is 20.4 Å². The third-order valence-corrected chi connectivity index (χ3v) is 2.43. The summed E-state index contributed by atoms with van der Waals surface area (Å²) < 4.78 is 6.80. The minimum Gasteiger partial charge on any atom is -0.377 e. The Bertz CT molecular complexity index is 528. The number of aromatic nitrogens is 4. The van der Waals surface area contributed by atoms with E-state index in [0.29, 0.717) is 23.4 Å². The van der Waals surface area contributed by atoms with Gasteiger partial charge in [-0.2, -0.15) is 5.10 Å². The SMILES string of the molecule is CCn1ccc(Nc2cc(Cl)nc(COC)n2)n1. The topological polar surface area (TPSA) is 64.9 Å². The Kier molecular flexibility index (Phi) is 4.11. The number of anilines is 2. The van der Waals surface area contributed by atoms with Crippen LogP contribution in [0.3, 0.4) is 0 Å². The molecule has 18 heavy (non-hydrogen) atoms. The van der Waals surface area contributed by atoms with E-state index in [9.17, 15) is 0 Å². The average molecular weight is 268 g/mol. The zero-order valence-electron chi connectivity index (χ0n) is 10.2. The summed E-state index contributed by atoms with van der Waals surface area (Å²) in [6.07, 6.45) is 1.89. The van der Waals surface area contributed by atoms with Gasteiger partial charge in [0.15, 0.2) is 11.6 Å². The predicted molar refractivity (Wildman–Crippen MR) is 68.9 cm³/mol. The molecule has 0 saturated heterocycles. The highest BCUT2D eigenvalue weighted by Crippen LogP contribution is 2.16. The van der Waals surface area contributed by atoms with Crippen molar-refractivity contribution in [1.29, 1.82) is 0 Å². The second-order valence-electron chi connectivity index (χ2n) is 3.61. The van der Waals surface area contributed by atoms with Crippen LogP contribution < -0.4 is 5.32 Å². The second kappa shape index (κ2) is 5.79. The fourth-order valence-electron chi connectivity index (χ4n) is 1.46. The van der Waals surface area contributed by atoms with Crippen LogP contribution >= 0.6 is 11.6 Å². The molecule has 0 bridgehead atoms. The lowest BCUT2D eigenvalue weighted by molar-refractivity contribution is 0.178. The van der Waals surface area contributed by atoms with Gasteiger partial charge in [0.05, 0.1) is 0 Å². The molecule has 0 fully saturated rings. The first-order chi connectivity index (χ1) is 8.71. The lowest BCUT2D eigenvalue weighted by Gasteiger charge is -2.05. The van der Waals surface area contributed by atoms with Gasteiger partial charge in [0.2, 0.25) is 0 Å². The molecule has 7 heteroatoms. The van der Waals surface area contributed by atoms with Gasteiger partial charge in [0, 0.05) is 32.0 Å². The highest BCUT2D eigenvalue weighted by molar-refractivity contribution is 6.29. The molecule has 0 aliphatic heterocycles. The van der Waals surface area contributed by atoms with E-state index in [1.807, 2.05) is 23.9 Å². The van der Waals surface area contributed by atoms with E-state index in [0.717, 1.165) is 12.4 Å². The maximum atomic E-state index is 5.91. The van der Waals surface area contributed by atoms with Crippen molar-refractivity contribution in [2.45, 2.75) is 20.1 Å². The number of ether oxygens (including phenoxy) is 1. The van der Waals surface area contributed by atoms with E-state index >= 15 is 0 Å². The van der Waals surface area contributed by atoms with Gasteiger partial charge in [-0.1, -0.05) is 11.6 Å². The minimum atomic E-state index is 0.318. The summed E-state index contributed by atoms with van der Waals surface area (Å²) in [5.74, 6) is 1.85. The molecular weight excluding hydrogens is 254 g/mol. The Balaban J connectivity index is 2.17. The molecule has 0 amide bonds. The molecule has 2 aromatic heterocycles. The molecular formula is C11H14ClN5O. The van der Waals surface area contributed by atoms with Crippen molar-refractivity contribution in [3.8, 4) is 0 Å². The average Bonchev–Trinajstić information content (AvgIpc) is 2.76. The normalized spacial score (nSPS) is 10.6. The largest absolute Gasteiger partial charge is 0.377 e. The number of nitrogens with zero attached hydrogens (tertiary/aromatic N) is 4. The molecule has 2 rings (SSSR count). The molecule has 0 spiro atoms. The number of methoxy groups -OCH3 is 1. The molecule has 2 aromatic rings. The maximum Gasteiger partial charge on any atom is 0.158 e. The molecule has 96 valence electrons. The van der Waals surface area contributed by atoms with Crippen LogP contribution in [0.25, 0.3) is 0 Å². The van der Waals surface area contributed by atoms with E-state index in [4.69, 9.17) is 16.3 Å². The quantitative estimate of drug-likeness (QED) is 0.842. The summed E-state index contributed by atoms with van der Waals surface area (Å²) in [4.78, 5) is 8.32. The van der Waals surface area contributed by atoms with Gasteiger partial charge < -0.3 is 10.1 Å². The third-order valence-electron chi connectivity index (χ3n) is 2.24. The van der Waals surface area contributed by atoms with Crippen molar-refractivity contribution in [3.05, 3.63) is 29.3 Å². The number of nitrogens with one attached hydrogen (secondary N) is 1. The summed E-state index contributed by atoms with van der Waals surface area (Å²) in [6.45, 7) is 3.16. The van der Waals surface area contributed by atoms with Crippen molar-refractivity contribution in [3.63, 3.8) is 0 Å². The number of rotatable bonds is 5. The fraction of sp³-hybridized carbons (Fsp3) is 0.364. The van der Waals surface area contributed by atoms with Crippen molar-refractivity contribution in [2.24, 2.45) is 0 Å². The van der Waals surface area contributed by atoms with Gasteiger partial charge in [-0.05, 0) is 6.92 Å². The van der Waals surface area contributed by atoms with Crippen LogP contribution in [-0.4, -0.2) is 26.9 Å². The highest BCUT2D eigenvalue weighted by Gasteiger charge is 2.05. The van der Waals surface area contributed by atoms with Crippen LogP contribution in [0.2, 0.25) is 5.15 Å². The van der Waals surface area contributed by atoms with Crippen LogP contribution in [-0.2, 0) is 17.9 Å². The van der Waals surface area contributed by atoms with Crippen LogP contribution in [0.4, 0.5) is 11.6 Å². The standard InChI is InChI=1S/C11H14ClN5O/c1-3-17-5-4-9(16-17)14-10-6-8(12)13-11(15-10)7-18-2/h4-6H,3,7H2,1-2H3,(H,13,14,15,16). The minimum absolute atomic E-state index is 0.318. The number of hydrogen-bond donors (Lipinski definition) is 1. The summed E-state index contributed by atoms with van der Waals surface area (Å²) in [7, 11) is 1.58. The van der Waals surface area contributed by atoms with Crippen molar-refractivity contribution in [2.75, 3.05) is 12.4 Å². The molecule has 0 saturated carbocycles. The smallest absolute Gasteiger partial charge is 0.158 e. The zero-order chi connectivity index (χ0) is 13.0. The third kappa shape index (κ3) is 3.18. The van der Waals surface area contributed by atoms with E-state index in [-0.39, 0.29) is 0 Å². The summed E-state index contributed by atoms with van der Waals surface area (Å²) in [5.41, 5.74) is 0. The zero-order valence-corrected chi connectivity index (χ0v) is 11.0. The van der Waals surface area contributed by atoms with Gasteiger partial charge in [0.1, 0.15) is 17.6 Å². The lowest BCUT2D eigenvalue weighted by atomic mass is 10.5. The van der Waals surface area contributed by atoms with E-state index < -0.39 is 0 Å². The van der Waals surface area contributed by atoms with Gasteiger partial charge in [-0.15, -0.1) is 0 Å². The molecule has 0 aromatic carbocycles. The first-order valence-corrected chi connectivity index (χ1v) is 5.92. The predicted octanol–water partition coefficient (Wildman–Crippen LogP) is 2.24. The van der Waals surface area contributed by atoms with Crippen molar-refractivity contribution < 1.29 is 4.74 Å². The molecule has 0 unspecified atom stereocenters. The number of halogens is 1. The van der Waals surface area contributed by atoms with Gasteiger partial charge in [-0.3, -0.25) is 4.68 Å². The Hall–Kier alpha value is -1.66. The van der Waals surface area contributed by atoms with Gasteiger partial charge in [-0.25, -0.2) is 9.97 Å². The summed E-state index contributed by atoms with van der Waals surface area (Å²) in [6, 6.07) is 3.52. The Labute approximate surface area is 110 Å². The lowest BCUT2D eigenvalue weighted by Crippen LogP contribution is -2.02. The first kappa shape index (κ1) is 12.8. The second-order valence-corrected chi connectivity index (χ2v) is 3.99. The summed E-state index contributed by atoms with van der Waals surface area (Å²) >= 11 is 5.91. The van der Waals surface area contributed by atoms with Crippen molar-refractivity contribution >= 4 is 23.2 Å². The van der Waals surface area contributed by atoms with Gasteiger partial charge in [0.25, 0.3) is 0 Å². The van der Waals surface area contributed by atoms with Crippen LogP contribution in [0.1, 0.15) is 12.7 Å².